The molecule has 0 atom stereocenters. The number of hydrogen-bond acceptors (Lipinski definition) is 5. The Morgan fingerprint density at radius 2 is 0.539 bits per heavy atom. The van der Waals surface area contributed by atoms with Gasteiger partial charge in [-0.25, -0.2) is 0 Å². The summed E-state index contributed by atoms with van der Waals surface area (Å²) in [5, 5.41) is 7.90. The molecule has 0 spiro atoms. The molecule has 1 saturated heterocycles. The average molecular weight is 1240 g/mol. The smallest absolute Gasteiger partial charge is 0.0110 e. The number of unbranched alkanes of at least 4 members (excludes halogenated alkanes) is 37. The van der Waals surface area contributed by atoms with Gasteiger partial charge in [-0.05, 0) is 167 Å². The standard InChI is InChI=1S/C84H157N5/c1-5-9-13-17-21-25-29-33-37-41-45-49-53-57-61-65-69-76-87(75-68-64-60-56-52-48-44-40-36-32-28-24-20-16-12-8-4)78-81-89-82-79-88(80-83-89)77-74-85-72-73-86-84(70-66-62-58-54-50-46-42-38-34-30-26-22-18-14-10-6-2)71-67-63-59-55-51-47-43-39-35-31-27-23-19-15-11-7-3/h21-28,33-40,84-86H,5-20,29-32,41-83H2,1-4H3/b25-21-,26-22-,27-23-,28-24-,37-33-,38-34-,39-35-,40-36-. The third-order valence-electron chi connectivity index (χ3n) is 18.6. The lowest BCUT2D eigenvalue weighted by atomic mass is 9.99. The van der Waals surface area contributed by atoms with Crippen LogP contribution in [0.25, 0.3) is 0 Å². The van der Waals surface area contributed by atoms with Gasteiger partial charge in [0.15, 0.2) is 0 Å². The van der Waals surface area contributed by atoms with E-state index in [4.69, 9.17) is 0 Å². The summed E-state index contributed by atoms with van der Waals surface area (Å²) in [4.78, 5) is 8.37. The highest BCUT2D eigenvalue weighted by atomic mass is 15.3. The van der Waals surface area contributed by atoms with E-state index in [1.807, 2.05) is 0 Å². The van der Waals surface area contributed by atoms with E-state index in [-0.39, 0.29) is 0 Å². The lowest BCUT2D eigenvalue weighted by Gasteiger charge is -2.36. The topological polar surface area (TPSA) is 33.8 Å². The maximum atomic E-state index is 4.05. The Morgan fingerprint density at radius 1 is 0.270 bits per heavy atom. The van der Waals surface area contributed by atoms with Crippen molar-refractivity contribution in [1.82, 2.24) is 25.3 Å². The monoisotopic (exact) mass is 1240 g/mol. The summed E-state index contributed by atoms with van der Waals surface area (Å²) >= 11 is 0. The highest BCUT2D eigenvalue weighted by Gasteiger charge is 2.17. The second kappa shape index (κ2) is 74.8. The van der Waals surface area contributed by atoms with Crippen LogP contribution in [0.15, 0.2) is 97.2 Å². The third kappa shape index (κ3) is 67.0. The van der Waals surface area contributed by atoms with Crippen molar-refractivity contribution in [3.63, 3.8) is 0 Å². The van der Waals surface area contributed by atoms with Crippen molar-refractivity contribution in [2.24, 2.45) is 0 Å². The first kappa shape index (κ1) is 84.7. The van der Waals surface area contributed by atoms with E-state index in [1.54, 1.807) is 0 Å². The lowest BCUT2D eigenvalue weighted by Crippen LogP contribution is -2.50. The number of nitrogens with one attached hydrogen (secondary N) is 2. The summed E-state index contributed by atoms with van der Waals surface area (Å²) in [7, 11) is 0. The molecule has 1 rings (SSSR count). The van der Waals surface area contributed by atoms with Gasteiger partial charge in [0.2, 0.25) is 0 Å². The molecule has 0 aromatic carbocycles. The lowest BCUT2D eigenvalue weighted by molar-refractivity contribution is 0.118. The van der Waals surface area contributed by atoms with Crippen molar-refractivity contribution in [3.05, 3.63) is 97.2 Å². The maximum Gasteiger partial charge on any atom is 0.0110 e. The molecule has 1 fully saturated rings. The fourth-order valence-electron chi connectivity index (χ4n) is 12.5. The number of nitrogens with zero attached hydrogens (tertiary/aromatic N) is 3. The van der Waals surface area contributed by atoms with Crippen LogP contribution in [-0.2, 0) is 0 Å². The third-order valence-corrected chi connectivity index (χ3v) is 18.6. The molecule has 2 N–H and O–H groups in total. The zero-order valence-corrected chi connectivity index (χ0v) is 60.7. The van der Waals surface area contributed by atoms with Crippen LogP contribution in [0.2, 0.25) is 0 Å². The molecule has 1 heterocycles. The summed E-state index contributed by atoms with van der Waals surface area (Å²) in [6.07, 6.45) is 106. The molecule has 0 unspecified atom stereocenters. The SMILES string of the molecule is CCCCC/C=C\C/C=C\CCCCCCCCCN(CCCCCCCC/C=C\C/C=C\CCCCC)CCN1CCN(CCNCCNC(CCCCCCCC/C=C\C/C=C\CCCCC)CCCCCCCC/C=C\C/C=C\CCCCC)CC1. The fourth-order valence-corrected chi connectivity index (χ4v) is 12.5. The van der Waals surface area contributed by atoms with Gasteiger partial charge in [-0.3, -0.25) is 9.80 Å². The first-order chi connectivity index (χ1) is 44.2. The minimum atomic E-state index is 0.679. The number of piperazine rings is 1. The predicted octanol–water partition coefficient (Wildman–Crippen LogP) is 24.9. The predicted molar refractivity (Wildman–Crippen MR) is 405 cm³/mol. The second-order valence-corrected chi connectivity index (χ2v) is 27.2. The van der Waals surface area contributed by atoms with Crippen molar-refractivity contribution >= 4 is 0 Å². The summed E-state index contributed by atoms with van der Waals surface area (Å²) in [6.45, 7) is 23.6. The first-order valence-electron chi connectivity index (χ1n) is 40.0. The van der Waals surface area contributed by atoms with Gasteiger partial charge in [0.25, 0.3) is 0 Å². The highest BCUT2D eigenvalue weighted by molar-refractivity contribution is 4.95. The van der Waals surface area contributed by atoms with Gasteiger partial charge in [-0.1, -0.05) is 298 Å². The quantitative estimate of drug-likeness (QED) is 0.0469. The molecule has 0 bridgehead atoms. The zero-order chi connectivity index (χ0) is 63.6. The van der Waals surface area contributed by atoms with Crippen LogP contribution in [0.3, 0.4) is 0 Å². The van der Waals surface area contributed by atoms with E-state index in [9.17, 15) is 0 Å². The van der Waals surface area contributed by atoms with Crippen molar-refractivity contribution in [2.45, 2.75) is 361 Å². The molecule has 518 valence electrons. The van der Waals surface area contributed by atoms with E-state index < -0.39 is 0 Å². The average Bonchev–Trinajstić information content (AvgIpc) is 3.64. The van der Waals surface area contributed by atoms with Crippen LogP contribution in [0.5, 0.6) is 0 Å². The molecule has 0 radical (unpaired) electrons. The van der Waals surface area contributed by atoms with Crippen LogP contribution in [0.4, 0.5) is 0 Å². The van der Waals surface area contributed by atoms with E-state index in [0.717, 1.165) is 45.3 Å². The molecule has 0 aliphatic carbocycles. The second-order valence-electron chi connectivity index (χ2n) is 27.2. The normalized spacial score (nSPS) is 14.1. The molecule has 0 aromatic rings. The number of hydrogen-bond donors (Lipinski definition) is 2. The van der Waals surface area contributed by atoms with Crippen LogP contribution < -0.4 is 10.6 Å². The van der Waals surface area contributed by atoms with Crippen LogP contribution in [0.1, 0.15) is 355 Å². The first-order valence-corrected chi connectivity index (χ1v) is 40.0. The number of allylic oxidation sites excluding steroid dienone is 16. The molecule has 1 aliphatic rings. The van der Waals surface area contributed by atoms with Crippen LogP contribution in [-0.4, -0.2) is 99.3 Å². The molecule has 89 heavy (non-hydrogen) atoms. The molecule has 0 amide bonds. The van der Waals surface area contributed by atoms with Crippen molar-refractivity contribution in [1.29, 1.82) is 0 Å². The summed E-state index contributed by atoms with van der Waals surface area (Å²) < 4.78 is 0. The minimum absolute atomic E-state index is 0.679. The van der Waals surface area contributed by atoms with Gasteiger partial charge in [-0.15, -0.1) is 0 Å². The van der Waals surface area contributed by atoms with Crippen LogP contribution in [0, 0.1) is 0 Å². The van der Waals surface area contributed by atoms with Crippen LogP contribution >= 0.6 is 0 Å². The van der Waals surface area contributed by atoms with Gasteiger partial charge in [0, 0.05) is 71.5 Å². The van der Waals surface area contributed by atoms with E-state index in [1.165, 1.54) is 361 Å². The van der Waals surface area contributed by atoms with Gasteiger partial charge < -0.3 is 15.5 Å². The summed E-state index contributed by atoms with van der Waals surface area (Å²) in [5.41, 5.74) is 0. The molecule has 5 heteroatoms. The molecule has 1 aliphatic heterocycles. The largest absolute Gasteiger partial charge is 0.314 e. The summed E-state index contributed by atoms with van der Waals surface area (Å²) in [6, 6.07) is 0.679. The molecular weight excluding hydrogens is 1080 g/mol. The maximum absolute atomic E-state index is 4.05. The minimum Gasteiger partial charge on any atom is -0.314 e. The van der Waals surface area contributed by atoms with E-state index in [2.05, 4.69) is 150 Å². The Balaban J connectivity index is 2.45. The fraction of sp³-hybridized carbons (Fsp3) is 0.810. The highest BCUT2D eigenvalue weighted by Crippen LogP contribution is 2.17. The van der Waals surface area contributed by atoms with Gasteiger partial charge in [0.05, 0.1) is 0 Å². The molecule has 0 saturated carbocycles. The number of rotatable bonds is 71. The Bertz CT molecular complexity index is 1550. The van der Waals surface area contributed by atoms with Gasteiger partial charge in [-0.2, -0.15) is 0 Å². The van der Waals surface area contributed by atoms with Gasteiger partial charge >= 0.3 is 0 Å². The Kier molecular flexibility index (Phi) is 71.2. The Hall–Kier alpha value is -2.28. The van der Waals surface area contributed by atoms with E-state index in [0.29, 0.717) is 6.04 Å². The Labute approximate surface area is 559 Å². The van der Waals surface area contributed by atoms with E-state index >= 15 is 0 Å². The van der Waals surface area contributed by atoms with Crippen molar-refractivity contribution < 1.29 is 0 Å². The molecule has 5 nitrogen and oxygen atoms in total. The zero-order valence-electron chi connectivity index (χ0n) is 60.7. The van der Waals surface area contributed by atoms with Crippen molar-refractivity contribution in [2.75, 3.05) is 78.5 Å². The van der Waals surface area contributed by atoms with Crippen molar-refractivity contribution in [3.8, 4) is 0 Å². The molecular formula is C84H157N5. The van der Waals surface area contributed by atoms with Gasteiger partial charge in [0.1, 0.15) is 0 Å². The summed E-state index contributed by atoms with van der Waals surface area (Å²) in [5.74, 6) is 0. The Morgan fingerprint density at radius 3 is 0.854 bits per heavy atom. The molecule has 0 aromatic heterocycles.